The Morgan fingerprint density at radius 1 is 1.43 bits per heavy atom. The third-order valence-corrected chi connectivity index (χ3v) is 2.98. The van der Waals surface area contributed by atoms with Crippen molar-refractivity contribution in [2.75, 3.05) is 20.3 Å². The van der Waals surface area contributed by atoms with E-state index >= 15 is 0 Å². The third kappa shape index (κ3) is 6.55. The lowest BCUT2D eigenvalue weighted by atomic mass is 10.0. The maximum atomic E-state index is 12.8. The van der Waals surface area contributed by atoms with Crippen molar-refractivity contribution < 1.29 is 23.8 Å². The minimum Gasteiger partial charge on any atom is -0.481 e. The van der Waals surface area contributed by atoms with Crippen LogP contribution in [-0.4, -0.2) is 43.0 Å². The summed E-state index contributed by atoms with van der Waals surface area (Å²) < 4.78 is 23.0. The number of hydrogen-bond donors (Lipinski definition) is 2. The van der Waals surface area contributed by atoms with Crippen molar-refractivity contribution in [3.05, 3.63) is 30.1 Å². The summed E-state index contributed by atoms with van der Waals surface area (Å²) in [5.41, 5.74) is -1.04. The molecule has 0 fully saturated rings. The van der Waals surface area contributed by atoms with Crippen LogP contribution >= 0.6 is 0 Å². The van der Waals surface area contributed by atoms with Gasteiger partial charge in [0.1, 0.15) is 11.6 Å². The van der Waals surface area contributed by atoms with Gasteiger partial charge < -0.3 is 19.9 Å². The van der Waals surface area contributed by atoms with Gasteiger partial charge in [-0.05, 0) is 38.1 Å². The van der Waals surface area contributed by atoms with Crippen LogP contribution in [0.2, 0.25) is 0 Å². The quantitative estimate of drug-likeness (QED) is 0.763. The first-order valence-corrected chi connectivity index (χ1v) is 6.75. The Kier molecular flexibility index (Phi) is 6.58. The fourth-order valence-electron chi connectivity index (χ4n) is 1.60. The normalized spacial score (nSPS) is 15.1. The molecular formula is C15H22FNO4. The summed E-state index contributed by atoms with van der Waals surface area (Å²) in [4.78, 5) is 11.9. The largest absolute Gasteiger partial charge is 0.481 e. The van der Waals surface area contributed by atoms with Gasteiger partial charge in [0.05, 0.1) is 5.60 Å². The average Bonchev–Trinajstić information content (AvgIpc) is 2.45. The van der Waals surface area contributed by atoms with Gasteiger partial charge in [-0.2, -0.15) is 0 Å². The molecule has 0 spiro atoms. The van der Waals surface area contributed by atoms with Crippen LogP contribution in [0.15, 0.2) is 24.3 Å². The lowest BCUT2D eigenvalue weighted by Gasteiger charge is -2.24. The molecule has 0 radical (unpaired) electrons. The molecule has 0 aliphatic carbocycles. The Morgan fingerprint density at radius 3 is 2.62 bits per heavy atom. The topological polar surface area (TPSA) is 67.8 Å². The number of halogens is 1. The van der Waals surface area contributed by atoms with Gasteiger partial charge in [0.25, 0.3) is 5.91 Å². The number of ether oxygens (including phenoxy) is 2. The zero-order valence-corrected chi connectivity index (χ0v) is 12.6. The highest BCUT2D eigenvalue weighted by Crippen LogP contribution is 2.13. The van der Waals surface area contributed by atoms with Gasteiger partial charge in [-0.1, -0.05) is 0 Å². The van der Waals surface area contributed by atoms with E-state index in [0.717, 1.165) is 0 Å². The molecule has 1 aromatic carbocycles. The van der Waals surface area contributed by atoms with E-state index in [-0.39, 0.29) is 18.3 Å². The van der Waals surface area contributed by atoms with Crippen molar-refractivity contribution in [2.24, 2.45) is 0 Å². The highest BCUT2D eigenvalue weighted by Gasteiger charge is 2.23. The first-order chi connectivity index (χ1) is 9.84. The summed E-state index contributed by atoms with van der Waals surface area (Å²) in [5, 5.41) is 12.6. The van der Waals surface area contributed by atoms with Crippen LogP contribution in [0.4, 0.5) is 4.39 Å². The first-order valence-electron chi connectivity index (χ1n) is 6.75. The molecule has 1 aromatic rings. The number of benzene rings is 1. The highest BCUT2D eigenvalue weighted by molar-refractivity contribution is 5.80. The van der Waals surface area contributed by atoms with Crippen molar-refractivity contribution in [1.29, 1.82) is 0 Å². The molecule has 0 aliphatic heterocycles. The molecule has 21 heavy (non-hydrogen) atoms. The van der Waals surface area contributed by atoms with E-state index in [0.29, 0.717) is 18.8 Å². The molecule has 0 aliphatic rings. The van der Waals surface area contributed by atoms with Crippen molar-refractivity contribution in [2.45, 2.75) is 32.0 Å². The Balaban J connectivity index is 2.42. The van der Waals surface area contributed by atoms with Crippen molar-refractivity contribution in [1.82, 2.24) is 5.32 Å². The number of rotatable bonds is 8. The van der Waals surface area contributed by atoms with Crippen LogP contribution in [0.3, 0.4) is 0 Å². The summed E-state index contributed by atoms with van der Waals surface area (Å²) >= 11 is 0. The van der Waals surface area contributed by atoms with Crippen LogP contribution in [0, 0.1) is 5.82 Å². The number of amides is 1. The lowest BCUT2D eigenvalue weighted by molar-refractivity contribution is -0.128. The van der Waals surface area contributed by atoms with E-state index in [1.807, 2.05) is 0 Å². The number of aliphatic hydroxyl groups is 1. The maximum Gasteiger partial charge on any atom is 0.260 e. The fraction of sp³-hybridized carbons (Fsp3) is 0.533. The molecule has 2 unspecified atom stereocenters. The summed E-state index contributed by atoms with van der Waals surface area (Å²) in [7, 11) is 1.55. The zero-order chi connectivity index (χ0) is 15.9. The maximum absolute atomic E-state index is 12.8. The monoisotopic (exact) mass is 299 g/mol. The van der Waals surface area contributed by atoms with Gasteiger partial charge >= 0.3 is 0 Å². The van der Waals surface area contributed by atoms with Gasteiger partial charge in [0.15, 0.2) is 6.10 Å². The third-order valence-electron chi connectivity index (χ3n) is 2.98. The van der Waals surface area contributed by atoms with E-state index in [1.54, 1.807) is 21.0 Å². The predicted molar refractivity (Wildman–Crippen MR) is 76.6 cm³/mol. The second-order valence-corrected chi connectivity index (χ2v) is 5.17. The molecule has 0 saturated heterocycles. The summed E-state index contributed by atoms with van der Waals surface area (Å²) in [6, 6.07) is 5.42. The van der Waals surface area contributed by atoms with Gasteiger partial charge in [-0.25, -0.2) is 4.39 Å². The molecule has 0 aromatic heterocycles. The zero-order valence-electron chi connectivity index (χ0n) is 12.6. The Bertz CT molecular complexity index is 447. The van der Waals surface area contributed by atoms with Crippen LogP contribution < -0.4 is 10.1 Å². The standard InChI is InChI=1S/C15H22FNO4/c1-11(21-13-6-4-12(16)5-7-13)14(18)17-10-15(2,19)8-9-20-3/h4-7,11,19H,8-10H2,1-3H3,(H,17,18). The summed E-state index contributed by atoms with van der Waals surface area (Å²) in [6.45, 7) is 3.72. The molecule has 0 heterocycles. The SMILES string of the molecule is COCCC(C)(O)CNC(=O)C(C)Oc1ccc(F)cc1. The predicted octanol–water partition coefficient (Wildman–Crippen LogP) is 1.50. The number of carbonyl (C=O) groups excluding carboxylic acids is 1. The van der Waals surface area contributed by atoms with E-state index < -0.39 is 11.7 Å². The Labute approximate surface area is 124 Å². The smallest absolute Gasteiger partial charge is 0.260 e. The second-order valence-electron chi connectivity index (χ2n) is 5.17. The number of nitrogens with one attached hydrogen (secondary N) is 1. The molecule has 5 nitrogen and oxygen atoms in total. The minimum absolute atomic E-state index is 0.103. The molecule has 2 N–H and O–H groups in total. The summed E-state index contributed by atoms with van der Waals surface area (Å²) in [5.74, 6) is -0.309. The van der Waals surface area contributed by atoms with E-state index in [2.05, 4.69) is 5.32 Å². The Morgan fingerprint density at radius 2 is 2.05 bits per heavy atom. The highest BCUT2D eigenvalue weighted by atomic mass is 19.1. The van der Waals surface area contributed by atoms with Gasteiger partial charge in [0, 0.05) is 26.7 Å². The molecule has 2 atom stereocenters. The summed E-state index contributed by atoms with van der Waals surface area (Å²) in [6.07, 6.45) is -0.328. The molecule has 118 valence electrons. The van der Waals surface area contributed by atoms with Gasteiger partial charge in [-0.3, -0.25) is 4.79 Å². The van der Waals surface area contributed by atoms with Crippen molar-refractivity contribution >= 4 is 5.91 Å². The van der Waals surface area contributed by atoms with Gasteiger partial charge in [-0.15, -0.1) is 0 Å². The van der Waals surface area contributed by atoms with Crippen molar-refractivity contribution in [3.63, 3.8) is 0 Å². The number of hydrogen-bond acceptors (Lipinski definition) is 4. The molecular weight excluding hydrogens is 277 g/mol. The number of carbonyl (C=O) groups is 1. The second kappa shape index (κ2) is 7.95. The van der Waals surface area contributed by atoms with Crippen molar-refractivity contribution in [3.8, 4) is 5.75 Å². The molecule has 0 saturated carbocycles. The molecule has 6 heteroatoms. The molecule has 1 amide bonds. The average molecular weight is 299 g/mol. The molecule has 1 rings (SSSR count). The number of methoxy groups -OCH3 is 1. The van der Waals surface area contributed by atoms with Gasteiger partial charge in [0.2, 0.25) is 0 Å². The first kappa shape index (κ1) is 17.4. The van der Waals surface area contributed by atoms with Crippen LogP contribution in [0.25, 0.3) is 0 Å². The lowest BCUT2D eigenvalue weighted by Crippen LogP contribution is -2.45. The Hall–Kier alpha value is -1.66. The minimum atomic E-state index is -1.04. The molecule has 0 bridgehead atoms. The fourth-order valence-corrected chi connectivity index (χ4v) is 1.60. The van der Waals surface area contributed by atoms with Crippen LogP contribution in [0.1, 0.15) is 20.3 Å². The van der Waals surface area contributed by atoms with E-state index in [4.69, 9.17) is 9.47 Å². The van der Waals surface area contributed by atoms with Crippen LogP contribution in [-0.2, 0) is 9.53 Å². The van der Waals surface area contributed by atoms with Crippen LogP contribution in [0.5, 0.6) is 5.75 Å². The van der Waals surface area contributed by atoms with E-state index in [1.165, 1.54) is 24.3 Å². The van der Waals surface area contributed by atoms with E-state index in [9.17, 15) is 14.3 Å².